The quantitative estimate of drug-likeness (QED) is 0.599. The zero-order valence-corrected chi connectivity index (χ0v) is 7.62. The Morgan fingerprint density at radius 2 is 2.08 bits per heavy atom. The summed E-state index contributed by atoms with van der Waals surface area (Å²) in [6.07, 6.45) is 0. The number of para-hydroxylation sites is 1. The molecular formula is C11H14N. The first-order valence-electron chi connectivity index (χ1n) is 4.55. The molecule has 0 fully saturated rings. The summed E-state index contributed by atoms with van der Waals surface area (Å²) < 4.78 is 0. The third kappa shape index (κ3) is 1.09. The molecule has 12 heavy (non-hydrogen) atoms. The molecule has 1 heteroatoms. The van der Waals surface area contributed by atoms with E-state index in [0.717, 1.165) is 6.54 Å². The van der Waals surface area contributed by atoms with E-state index in [1.807, 2.05) is 0 Å². The van der Waals surface area contributed by atoms with Crippen LogP contribution in [0.25, 0.3) is 0 Å². The van der Waals surface area contributed by atoms with Crippen molar-refractivity contribution in [1.82, 2.24) is 5.32 Å². The van der Waals surface area contributed by atoms with E-state index in [2.05, 4.69) is 43.4 Å². The standard InChI is InChI=1S/C11H14N/c1-8(2)10-7-12-11-6-4-3-5-9(10)11/h3-6,8,10H,7H2,1-2H3. The van der Waals surface area contributed by atoms with Gasteiger partial charge in [-0.2, -0.15) is 0 Å². The SMILES string of the molecule is CC(C)C1C[N]c2ccccc21. The van der Waals surface area contributed by atoms with Crippen molar-refractivity contribution in [2.75, 3.05) is 6.54 Å². The predicted octanol–water partition coefficient (Wildman–Crippen LogP) is 2.68. The third-order valence-electron chi connectivity index (χ3n) is 2.60. The lowest BCUT2D eigenvalue weighted by Crippen LogP contribution is -2.07. The largest absolute Gasteiger partial charge is 0.284 e. The van der Waals surface area contributed by atoms with Crippen LogP contribution in [0, 0.1) is 5.92 Å². The summed E-state index contributed by atoms with van der Waals surface area (Å²) >= 11 is 0. The summed E-state index contributed by atoms with van der Waals surface area (Å²) in [5.74, 6) is 1.36. The van der Waals surface area contributed by atoms with Gasteiger partial charge in [0.2, 0.25) is 0 Å². The Morgan fingerprint density at radius 1 is 1.33 bits per heavy atom. The van der Waals surface area contributed by atoms with Crippen LogP contribution in [0.4, 0.5) is 5.69 Å². The molecule has 1 aromatic carbocycles. The molecule has 0 saturated heterocycles. The summed E-state index contributed by atoms with van der Waals surface area (Å²) in [4.78, 5) is 0. The van der Waals surface area contributed by atoms with E-state index in [1.54, 1.807) is 0 Å². The maximum absolute atomic E-state index is 4.50. The van der Waals surface area contributed by atoms with Gasteiger partial charge in [0.05, 0.1) is 5.69 Å². The summed E-state index contributed by atoms with van der Waals surface area (Å²) in [5, 5.41) is 4.50. The van der Waals surface area contributed by atoms with Crippen LogP contribution in [0.1, 0.15) is 25.3 Å². The Kier molecular flexibility index (Phi) is 1.80. The molecule has 0 aliphatic carbocycles. The Bertz CT molecular complexity index is 278. The first-order chi connectivity index (χ1) is 5.79. The highest BCUT2D eigenvalue weighted by Crippen LogP contribution is 2.35. The van der Waals surface area contributed by atoms with Gasteiger partial charge in [0.15, 0.2) is 0 Å². The first kappa shape index (κ1) is 7.66. The number of benzene rings is 1. The van der Waals surface area contributed by atoms with Crippen molar-refractivity contribution in [3.63, 3.8) is 0 Å². The van der Waals surface area contributed by atoms with Crippen LogP contribution in [0.2, 0.25) is 0 Å². The summed E-state index contributed by atoms with van der Waals surface area (Å²) in [6, 6.07) is 8.48. The van der Waals surface area contributed by atoms with Gasteiger partial charge in [0.1, 0.15) is 0 Å². The van der Waals surface area contributed by atoms with Crippen LogP contribution in [-0.2, 0) is 0 Å². The predicted molar refractivity (Wildman–Crippen MR) is 50.7 cm³/mol. The molecular weight excluding hydrogens is 146 g/mol. The molecule has 0 saturated carbocycles. The number of fused-ring (bicyclic) bond motifs is 1. The Morgan fingerprint density at radius 3 is 2.83 bits per heavy atom. The normalized spacial score (nSPS) is 20.8. The van der Waals surface area contributed by atoms with Crippen LogP contribution < -0.4 is 5.32 Å². The molecule has 1 nitrogen and oxygen atoms in total. The van der Waals surface area contributed by atoms with Gasteiger partial charge in [-0.1, -0.05) is 32.0 Å². The zero-order valence-electron chi connectivity index (χ0n) is 7.62. The van der Waals surface area contributed by atoms with Crippen molar-refractivity contribution in [2.24, 2.45) is 5.92 Å². The van der Waals surface area contributed by atoms with Crippen molar-refractivity contribution < 1.29 is 0 Å². The molecule has 1 atom stereocenters. The fourth-order valence-electron chi connectivity index (χ4n) is 1.81. The van der Waals surface area contributed by atoms with Crippen LogP contribution in [0.15, 0.2) is 24.3 Å². The van der Waals surface area contributed by atoms with E-state index in [1.165, 1.54) is 11.3 Å². The molecule has 1 aromatic rings. The third-order valence-corrected chi connectivity index (χ3v) is 2.60. The Labute approximate surface area is 73.8 Å². The molecule has 1 aliphatic rings. The lowest BCUT2D eigenvalue weighted by Gasteiger charge is -2.12. The molecule has 0 aromatic heterocycles. The van der Waals surface area contributed by atoms with E-state index < -0.39 is 0 Å². The summed E-state index contributed by atoms with van der Waals surface area (Å²) in [6.45, 7) is 5.52. The summed E-state index contributed by atoms with van der Waals surface area (Å²) in [5.41, 5.74) is 2.64. The molecule has 1 unspecified atom stereocenters. The van der Waals surface area contributed by atoms with Gasteiger partial charge in [-0.05, 0) is 17.5 Å². The smallest absolute Gasteiger partial charge is 0.0610 e. The minimum atomic E-state index is 0.654. The minimum absolute atomic E-state index is 0.654. The van der Waals surface area contributed by atoms with Gasteiger partial charge in [-0.25, -0.2) is 0 Å². The number of rotatable bonds is 1. The highest BCUT2D eigenvalue weighted by molar-refractivity contribution is 5.50. The maximum Gasteiger partial charge on any atom is 0.0610 e. The maximum atomic E-state index is 4.50. The number of hydrogen-bond donors (Lipinski definition) is 0. The van der Waals surface area contributed by atoms with E-state index in [0.29, 0.717) is 11.8 Å². The van der Waals surface area contributed by atoms with Gasteiger partial charge >= 0.3 is 0 Å². The van der Waals surface area contributed by atoms with Crippen LogP contribution >= 0.6 is 0 Å². The number of hydrogen-bond acceptors (Lipinski definition) is 0. The van der Waals surface area contributed by atoms with Gasteiger partial charge in [0, 0.05) is 12.5 Å². The average Bonchev–Trinajstić information content (AvgIpc) is 2.47. The van der Waals surface area contributed by atoms with E-state index >= 15 is 0 Å². The lowest BCUT2D eigenvalue weighted by atomic mass is 9.90. The highest BCUT2D eigenvalue weighted by Gasteiger charge is 2.24. The molecule has 1 heterocycles. The Balaban J connectivity index is 2.36. The first-order valence-corrected chi connectivity index (χ1v) is 4.55. The molecule has 0 amide bonds. The van der Waals surface area contributed by atoms with E-state index in [-0.39, 0.29) is 0 Å². The second kappa shape index (κ2) is 2.81. The van der Waals surface area contributed by atoms with Crippen molar-refractivity contribution in [1.29, 1.82) is 0 Å². The second-order valence-electron chi connectivity index (χ2n) is 3.75. The second-order valence-corrected chi connectivity index (χ2v) is 3.75. The van der Waals surface area contributed by atoms with Crippen molar-refractivity contribution in [3.8, 4) is 0 Å². The topological polar surface area (TPSA) is 14.1 Å². The van der Waals surface area contributed by atoms with Crippen LogP contribution in [0.3, 0.4) is 0 Å². The van der Waals surface area contributed by atoms with Gasteiger partial charge in [-0.3, -0.25) is 5.32 Å². The molecule has 2 rings (SSSR count). The van der Waals surface area contributed by atoms with Gasteiger partial charge in [-0.15, -0.1) is 0 Å². The monoisotopic (exact) mass is 160 g/mol. The van der Waals surface area contributed by atoms with Crippen molar-refractivity contribution in [2.45, 2.75) is 19.8 Å². The fraction of sp³-hybridized carbons (Fsp3) is 0.455. The molecule has 1 radical (unpaired) electrons. The molecule has 0 spiro atoms. The summed E-state index contributed by atoms with van der Waals surface area (Å²) in [7, 11) is 0. The van der Waals surface area contributed by atoms with E-state index in [9.17, 15) is 0 Å². The zero-order chi connectivity index (χ0) is 8.55. The fourth-order valence-corrected chi connectivity index (χ4v) is 1.81. The van der Waals surface area contributed by atoms with Crippen LogP contribution in [0.5, 0.6) is 0 Å². The van der Waals surface area contributed by atoms with E-state index in [4.69, 9.17) is 0 Å². The minimum Gasteiger partial charge on any atom is -0.284 e. The molecule has 1 aliphatic heterocycles. The van der Waals surface area contributed by atoms with Gasteiger partial charge < -0.3 is 0 Å². The van der Waals surface area contributed by atoms with Gasteiger partial charge in [0.25, 0.3) is 0 Å². The average molecular weight is 160 g/mol. The highest BCUT2D eigenvalue weighted by atomic mass is 14.9. The number of nitrogens with zero attached hydrogens (tertiary/aromatic N) is 1. The Hall–Kier alpha value is -0.980. The lowest BCUT2D eigenvalue weighted by molar-refractivity contribution is 0.512. The molecule has 0 bridgehead atoms. The van der Waals surface area contributed by atoms with Crippen LogP contribution in [-0.4, -0.2) is 6.54 Å². The molecule has 0 N–H and O–H groups in total. The van der Waals surface area contributed by atoms with Crippen molar-refractivity contribution >= 4 is 5.69 Å². The molecule has 63 valence electrons. The van der Waals surface area contributed by atoms with Crippen molar-refractivity contribution in [3.05, 3.63) is 29.8 Å².